The van der Waals surface area contributed by atoms with Gasteiger partial charge in [0.1, 0.15) is 17.1 Å². The second-order valence-electron chi connectivity index (χ2n) is 5.88. The zero-order valence-corrected chi connectivity index (χ0v) is 14.5. The Labute approximate surface area is 151 Å². The van der Waals surface area contributed by atoms with Gasteiger partial charge in [-0.3, -0.25) is 0 Å². The largest absolute Gasteiger partial charge is 0.497 e. The fourth-order valence-electron chi connectivity index (χ4n) is 3.12. The number of hydrogen-bond acceptors (Lipinski definition) is 2. The van der Waals surface area contributed by atoms with Crippen LogP contribution < -0.4 is 4.74 Å². The first-order valence-electron chi connectivity index (χ1n) is 8.09. The van der Waals surface area contributed by atoms with Crippen molar-refractivity contribution in [1.29, 1.82) is 0 Å². The van der Waals surface area contributed by atoms with Crippen molar-refractivity contribution in [3.8, 4) is 5.75 Å². The number of halogens is 1. The lowest BCUT2D eigenvalue weighted by Gasteiger charge is -2.15. The molecule has 0 spiro atoms. The number of methoxy groups -OCH3 is 1. The third kappa shape index (κ3) is 2.99. The molecule has 0 unspecified atom stereocenters. The van der Waals surface area contributed by atoms with Crippen molar-refractivity contribution in [3.63, 3.8) is 0 Å². The summed E-state index contributed by atoms with van der Waals surface area (Å²) < 4.78 is 5.31. The zero-order valence-electron chi connectivity index (χ0n) is 13.7. The number of ether oxygens (including phenoxy) is 1. The monoisotopic (exact) mass is 348 g/mol. The molecule has 0 aliphatic carbocycles. The lowest BCUT2D eigenvalue weighted by Crippen LogP contribution is -2.05. The van der Waals surface area contributed by atoms with Crippen molar-refractivity contribution in [2.45, 2.75) is 5.92 Å². The second kappa shape index (κ2) is 6.61. The molecule has 1 aromatic heterocycles. The smallest absolute Gasteiger partial charge is 0.122 e. The minimum atomic E-state index is 0.0110. The van der Waals surface area contributed by atoms with Gasteiger partial charge in [-0.25, -0.2) is 4.98 Å². The van der Waals surface area contributed by atoms with Crippen LogP contribution >= 0.6 is 11.6 Å². The van der Waals surface area contributed by atoms with Crippen molar-refractivity contribution >= 4 is 22.6 Å². The molecule has 3 nitrogen and oxygen atoms in total. The molecule has 4 heteroatoms. The van der Waals surface area contributed by atoms with E-state index < -0.39 is 0 Å². The first kappa shape index (κ1) is 15.7. The number of nitrogens with one attached hydrogen (secondary N) is 1. The molecule has 3 aromatic carbocycles. The van der Waals surface area contributed by atoms with Crippen molar-refractivity contribution in [2.24, 2.45) is 0 Å². The highest BCUT2D eigenvalue weighted by Gasteiger charge is 2.21. The highest BCUT2D eigenvalue weighted by molar-refractivity contribution is 6.35. The molecule has 1 heterocycles. The molecule has 0 amide bonds. The van der Waals surface area contributed by atoms with E-state index in [1.807, 2.05) is 42.5 Å². The number of aromatic amines is 1. The first-order chi connectivity index (χ1) is 12.3. The summed E-state index contributed by atoms with van der Waals surface area (Å²) in [6.45, 7) is 0. The molecular weight excluding hydrogens is 332 g/mol. The molecule has 0 fully saturated rings. The Morgan fingerprint density at radius 2 is 1.52 bits per heavy atom. The summed E-state index contributed by atoms with van der Waals surface area (Å²) in [5.41, 5.74) is 3.98. The number of hydrogen-bond donors (Lipinski definition) is 1. The van der Waals surface area contributed by atoms with Gasteiger partial charge in [0.2, 0.25) is 0 Å². The van der Waals surface area contributed by atoms with Crippen LogP contribution in [0.4, 0.5) is 0 Å². The van der Waals surface area contributed by atoms with Gasteiger partial charge in [-0.05, 0) is 11.1 Å². The van der Waals surface area contributed by atoms with Crippen molar-refractivity contribution in [1.82, 2.24) is 9.97 Å². The van der Waals surface area contributed by atoms with Crippen molar-refractivity contribution in [3.05, 3.63) is 94.8 Å². The maximum atomic E-state index is 6.39. The van der Waals surface area contributed by atoms with Gasteiger partial charge in [0.25, 0.3) is 0 Å². The highest BCUT2D eigenvalue weighted by atomic mass is 35.5. The minimum absolute atomic E-state index is 0.0110. The zero-order chi connectivity index (χ0) is 17.2. The topological polar surface area (TPSA) is 37.9 Å². The van der Waals surface area contributed by atoms with Crippen molar-refractivity contribution in [2.75, 3.05) is 7.11 Å². The van der Waals surface area contributed by atoms with Crippen LogP contribution in [0.2, 0.25) is 5.02 Å². The van der Waals surface area contributed by atoms with Crippen LogP contribution in [-0.2, 0) is 0 Å². The van der Waals surface area contributed by atoms with Crippen LogP contribution in [0, 0.1) is 0 Å². The molecule has 0 aliphatic heterocycles. The van der Waals surface area contributed by atoms with Crippen LogP contribution in [0.5, 0.6) is 5.75 Å². The van der Waals surface area contributed by atoms with E-state index >= 15 is 0 Å². The van der Waals surface area contributed by atoms with E-state index in [9.17, 15) is 0 Å². The van der Waals surface area contributed by atoms with E-state index in [2.05, 4.69) is 29.2 Å². The summed E-state index contributed by atoms with van der Waals surface area (Å²) in [7, 11) is 1.63. The van der Waals surface area contributed by atoms with E-state index in [1.54, 1.807) is 13.2 Å². The van der Waals surface area contributed by atoms with E-state index in [0.717, 1.165) is 16.9 Å². The van der Waals surface area contributed by atoms with Gasteiger partial charge in [0, 0.05) is 12.1 Å². The average Bonchev–Trinajstić information content (AvgIpc) is 3.08. The van der Waals surface area contributed by atoms with E-state index in [0.29, 0.717) is 10.8 Å². The van der Waals surface area contributed by atoms with Crippen LogP contribution in [0.1, 0.15) is 22.9 Å². The lowest BCUT2D eigenvalue weighted by molar-refractivity contribution is 0.415. The van der Waals surface area contributed by atoms with Gasteiger partial charge < -0.3 is 9.72 Å². The molecule has 0 aliphatic rings. The molecule has 4 rings (SSSR count). The fraction of sp³-hybridized carbons (Fsp3) is 0.0952. The number of fused-ring (bicyclic) bond motifs is 1. The molecule has 4 aromatic rings. The summed E-state index contributed by atoms with van der Waals surface area (Å²) in [4.78, 5) is 8.23. The predicted molar refractivity (Wildman–Crippen MR) is 101 cm³/mol. The Morgan fingerprint density at radius 1 is 0.920 bits per heavy atom. The predicted octanol–water partition coefficient (Wildman–Crippen LogP) is 5.41. The number of nitrogens with zero attached hydrogens (tertiary/aromatic N) is 1. The van der Waals surface area contributed by atoms with Gasteiger partial charge >= 0.3 is 0 Å². The van der Waals surface area contributed by atoms with Gasteiger partial charge in [-0.15, -0.1) is 0 Å². The van der Waals surface area contributed by atoms with Crippen molar-refractivity contribution < 1.29 is 4.74 Å². The van der Waals surface area contributed by atoms with Crippen LogP contribution in [0.25, 0.3) is 11.0 Å². The number of imidazole rings is 1. The van der Waals surface area contributed by atoms with Crippen LogP contribution in [-0.4, -0.2) is 17.1 Å². The third-order valence-electron chi connectivity index (χ3n) is 4.31. The minimum Gasteiger partial charge on any atom is -0.497 e. The van der Waals surface area contributed by atoms with Crippen LogP contribution in [0.15, 0.2) is 72.8 Å². The van der Waals surface area contributed by atoms with Gasteiger partial charge in [-0.1, -0.05) is 72.3 Å². The molecule has 124 valence electrons. The molecule has 25 heavy (non-hydrogen) atoms. The Hall–Kier alpha value is -2.78. The molecule has 0 radical (unpaired) electrons. The second-order valence-corrected chi connectivity index (χ2v) is 6.29. The number of aromatic nitrogens is 2. The summed E-state index contributed by atoms with van der Waals surface area (Å²) >= 11 is 6.39. The summed E-state index contributed by atoms with van der Waals surface area (Å²) in [5, 5.41) is 0.580. The SMILES string of the molecule is COc1cc(Cl)c2nc(C(c3ccccc3)c3ccccc3)[nH]c2c1. The molecule has 0 saturated carbocycles. The first-order valence-corrected chi connectivity index (χ1v) is 8.47. The van der Waals surface area contributed by atoms with Gasteiger partial charge in [0.05, 0.1) is 23.6 Å². The van der Waals surface area contributed by atoms with E-state index in [4.69, 9.17) is 21.3 Å². The van der Waals surface area contributed by atoms with Gasteiger partial charge in [-0.2, -0.15) is 0 Å². The van der Waals surface area contributed by atoms with E-state index in [1.165, 1.54) is 11.1 Å². The maximum absolute atomic E-state index is 6.39. The standard InChI is InChI=1S/C21H17ClN2O/c1-25-16-12-17(22)20-18(13-16)23-21(24-20)19(14-8-4-2-5-9-14)15-10-6-3-7-11-15/h2-13,19H,1H3,(H,23,24). The van der Waals surface area contributed by atoms with E-state index in [-0.39, 0.29) is 5.92 Å². The van der Waals surface area contributed by atoms with Gasteiger partial charge in [0.15, 0.2) is 0 Å². The molecule has 0 bridgehead atoms. The fourth-order valence-corrected chi connectivity index (χ4v) is 3.37. The maximum Gasteiger partial charge on any atom is 0.122 e. The Kier molecular flexibility index (Phi) is 4.16. The molecular formula is C21H17ClN2O. The average molecular weight is 349 g/mol. The lowest BCUT2D eigenvalue weighted by atomic mass is 9.91. The quantitative estimate of drug-likeness (QED) is 0.535. The third-order valence-corrected chi connectivity index (χ3v) is 4.59. The number of benzene rings is 3. The Bertz CT molecular complexity index is 957. The normalized spacial score (nSPS) is 11.2. The number of rotatable bonds is 4. The van der Waals surface area contributed by atoms with Crippen LogP contribution in [0.3, 0.4) is 0 Å². The highest BCUT2D eigenvalue weighted by Crippen LogP contribution is 2.34. The summed E-state index contributed by atoms with van der Waals surface area (Å²) in [5.74, 6) is 1.59. The molecule has 0 saturated heterocycles. The summed E-state index contributed by atoms with van der Waals surface area (Å²) in [6, 6.07) is 24.4. The summed E-state index contributed by atoms with van der Waals surface area (Å²) in [6.07, 6.45) is 0. The number of H-pyrrole nitrogens is 1. The Balaban J connectivity index is 1.91. The molecule has 1 N–H and O–H groups in total. The molecule has 0 atom stereocenters. The Morgan fingerprint density at radius 3 is 2.08 bits per heavy atom.